The van der Waals surface area contributed by atoms with E-state index in [1.54, 1.807) is 53.6 Å². The number of anilines is 1. The number of morpholine rings is 1. The van der Waals surface area contributed by atoms with Crippen LogP contribution in [0.1, 0.15) is 11.1 Å². The summed E-state index contributed by atoms with van der Waals surface area (Å²) in [6.07, 6.45) is 1.63. The Morgan fingerprint density at radius 2 is 1.81 bits per heavy atom. The molecule has 1 saturated heterocycles. The number of non-ortho nitro benzene ring substituents is 1. The Kier molecular flexibility index (Phi) is 7.40. The predicted molar refractivity (Wildman–Crippen MR) is 146 cm³/mol. The lowest BCUT2D eigenvalue weighted by atomic mass is 10.1. The van der Waals surface area contributed by atoms with Crippen LogP contribution >= 0.6 is 23.1 Å². The first kappa shape index (κ1) is 24.8. The first-order valence-corrected chi connectivity index (χ1v) is 13.2. The summed E-state index contributed by atoms with van der Waals surface area (Å²) < 4.78 is 7.23. The summed E-state index contributed by atoms with van der Waals surface area (Å²) in [7, 11) is 0. The molecule has 188 valence electrons. The van der Waals surface area contributed by atoms with Crippen molar-refractivity contribution in [3.05, 3.63) is 92.0 Å². The first-order valence-electron chi connectivity index (χ1n) is 11.4. The lowest BCUT2D eigenvalue weighted by molar-refractivity contribution is -0.384. The van der Waals surface area contributed by atoms with E-state index in [-0.39, 0.29) is 16.3 Å². The van der Waals surface area contributed by atoms with Crippen molar-refractivity contribution in [1.82, 2.24) is 4.98 Å². The van der Waals surface area contributed by atoms with E-state index in [1.807, 2.05) is 29.2 Å². The van der Waals surface area contributed by atoms with E-state index in [1.165, 1.54) is 12.1 Å². The van der Waals surface area contributed by atoms with Crippen molar-refractivity contribution in [2.45, 2.75) is 10.1 Å². The smallest absolute Gasteiger partial charge is 0.293 e. The number of aromatic nitrogens is 1. The summed E-state index contributed by atoms with van der Waals surface area (Å²) in [5.41, 5.74) is 3.93. The molecule has 0 radical (unpaired) electrons. The van der Waals surface area contributed by atoms with Gasteiger partial charge in [0.05, 0.1) is 39.0 Å². The van der Waals surface area contributed by atoms with Crippen LogP contribution in [0.3, 0.4) is 0 Å². The largest absolute Gasteiger partial charge is 0.378 e. The van der Waals surface area contributed by atoms with Gasteiger partial charge in [0.2, 0.25) is 0 Å². The quantitative estimate of drug-likeness (QED) is 0.117. The van der Waals surface area contributed by atoms with Gasteiger partial charge in [-0.3, -0.25) is 25.2 Å². The van der Waals surface area contributed by atoms with E-state index in [0.717, 1.165) is 25.8 Å². The second-order valence-corrected chi connectivity index (χ2v) is 10.5. The molecular formula is C25H21N5O5S2. The molecule has 0 atom stereocenters. The molecule has 4 aromatic rings. The third-order valence-corrected chi connectivity index (χ3v) is 8.00. The van der Waals surface area contributed by atoms with Crippen LogP contribution in [0.5, 0.6) is 0 Å². The van der Waals surface area contributed by atoms with Gasteiger partial charge in [0.25, 0.3) is 11.4 Å². The minimum absolute atomic E-state index is 0.0541. The number of rotatable bonds is 8. The maximum Gasteiger partial charge on any atom is 0.293 e. The molecule has 0 spiro atoms. The molecule has 1 fully saturated rings. The number of ether oxygens (including phenoxy) is 1. The van der Waals surface area contributed by atoms with Crippen LogP contribution in [0.15, 0.2) is 70.0 Å². The van der Waals surface area contributed by atoms with Gasteiger partial charge in [0.1, 0.15) is 5.69 Å². The van der Waals surface area contributed by atoms with Crippen molar-refractivity contribution in [3.8, 4) is 0 Å². The minimum atomic E-state index is -0.410. The van der Waals surface area contributed by atoms with E-state index in [4.69, 9.17) is 4.74 Å². The van der Waals surface area contributed by atoms with Gasteiger partial charge in [0, 0.05) is 43.3 Å². The van der Waals surface area contributed by atoms with Gasteiger partial charge < -0.3 is 9.64 Å². The molecule has 3 aromatic carbocycles. The fourth-order valence-corrected chi connectivity index (χ4v) is 5.94. The number of thioether (sulfide) groups is 1. The monoisotopic (exact) mass is 535 g/mol. The van der Waals surface area contributed by atoms with Crippen molar-refractivity contribution in [2.24, 2.45) is 4.99 Å². The molecule has 12 heteroatoms. The zero-order chi connectivity index (χ0) is 25.8. The lowest BCUT2D eigenvalue weighted by Crippen LogP contribution is -2.36. The van der Waals surface area contributed by atoms with Crippen LogP contribution in [0, 0.1) is 20.2 Å². The van der Waals surface area contributed by atoms with E-state index in [9.17, 15) is 20.2 Å². The third-order valence-electron chi connectivity index (χ3n) is 5.77. The number of fused-ring (bicyclic) bond motifs is 1. The number of hydrogen-bond acceptors (Lipinski definition) is 10. The van der Waals surface area contributed by atoms with Gasteiger partial charge in [-0.05, 0) is 35.4 Å². The Balaban J connectivity index is 1.28. The Morgan fingerprint density at radius 1 is 1.03 bits per heavy atom. The fraction of sp³-hybridized carbons (Fsp3) is 0.200. The zero-order valence-corrected chi connectivity index (χ0v) is 21.1. The van der Waals surface area contributed by atoms with Gasteiger partial charge in [-0.2, -0.15) is 0 Å². The van der Waals surface area contributed by atoms with E-state index in [2.05, 4.69) is 9.98 Å². The van der Waals surface area contributed by atoms with Crippen molar-refractivity contribution in [2.75, 3.05) is 31.2 Å². The van der Waals surface area contributed by atoms with Crippen molar-refractivity contribution in [3.63, 3.8) is 0 Å². The molecule has 2 heterocycles. The Labute approximate surface area is 219 Å². The van der Waals surface area contributed by atoms with Gasteiger partial charge in [-0.25, -0.2) is 4.98 Å². The Morgan fingerprint density at radius 3 is 2.54 bits per heavy atom. The van der Waals surface area contributed by atoms with Crippen molar-refractivity contribution < 1.29 is 14.6 Å². The van der Waals surface area contributed by atoms with E-state index in [0.29, 0.717) is 43.3 Å². The average molecular weight is 536 g/mol. The molecule has 10 nitrogen and oxygen atoms in total. The number of hydrogen-bond donors (Lipinski definition) is 0. The van der Waals surface area contributed by atoms with Crippen LogP contribution in [0.4, 0.5) is 22.7 Å². The van der Waals surface area contributed by atoms with E-state index < -0.39 is 4.92 Å². The summed E-state index contributed by atoms with van der Waals surface area (Å²) in [4.78, 5) is 32.9. The maximum absolute atomic E-state index is 11.7. The van der Waals surface area contributed by atoms with Crippen molar-refractivity contribution in [1.29, 1.82) is 0 Å². The van der Waals surface area contributed by atoms with Gasteiger partial charge in [-0.15, -0.1) is 11.3 Å². The van der Waals surface area contributed by atoms with Crippen LogP contribution in [0.25, 0.3) is 10.2 Å². The number of nitrogens with zero attached hydrogens (tertiary/aromatic N) is 5. The molecule has 1 aliphatic heterocycles. The molecule has 37 heavy (non-hydrogen) atoms. The van der Waals surface area contributed by atoms with Crippen LogP contribution in [0.2, 0.25) is 0 Å². The van der Waals surface area contributed by atoms with Crippen LogP contribution in [-0.2, 0) is 10.5 Å². The van der Waals surface area contributed by atoms with Crippen LogP contribution < -0.4 is 4.90 Å². The second kappa shape index (κ2) is 11.0. The number of aliphatic imine (C=N–C) groups is 1. The highest BCUT2D eigenvalue weighted by molar-refractivity contribution is 8.00. The molecule has 1 aromatic heterocycles. The highest BCUT2D eigenvalue weighted by Crippen LogP contribution is 2.34. The topological polar surface area (TPSA) is 124 Å². The Bertz CT molecular complexity index is 1480. The molecular weight excluding hydrogens is 514 g/mol. The highest BCUT2D eigenvalue weighted by Gasteiger charge is 2.21. The Hall–Kier alpha value is -3.87. The molecule has 0 bridgehead atoms. The van der Waals surface area contributed by atoms with Gasteiger partial charge in [-0.1, -0.05) is 30.0 Å². The molecule has 0 aliphatic carbocycles. The molecule has 0 saturated carbocycles. The SMILES string of the molecule is O=[N+]([O-])c1ccc(CSc2nc3ccc(N=Cc4ccc(N5CCOCC5)c([N+](=O)[O-])c4)cc3s2)cc1. The molecule has 0 N–H and O–H groups in total. The summed E-state index contributed by atoms with van der Waals surface area (Å²) in [6, 6.07) is 17.4. The second-order valence-electron chi connectivity index (χ2n) is 8.21. The first-order chi connectivity index (χ1) is 18.0. The fourth-order valence-electron chi connectivity index (χ4n) is 3.88. The molecule has 0 unspecified atom stereocenters. The summed E-state index contributed by atoms with van der Waals surface area (Å²) in [5.74, 6) is 0.655. The highest BCUT2D eigenvalue weighted by atomic mass is 32.2. The van der Waals surface area contributed by atoms with E-state index >= 15 is 0 Å². The third kappa shape index (κ3) is 5.93. The molecule has 5 rings (SSSR count). The number of nitro benzene ring substituents is 2. The van der Waals surface area contributed by atoms with Crippen molar-refractivity contribution >= 4 is 62.3 Å². The summed E-state index contributed by atoms with van der Waals surface area (Å²) in [5, 5.41) is 22.5. The van der Waals surface area contributed by atoms with Crippen LogP contribution in [-0.4, -0.2) is 47.3 Å². The number of thiazole rings is 1. The standard InChI is InChI=1S/C25H21N5O5S2/c31-29(32)20-5-1-17(2-6-20)16-36-25-27-21-7-4-19(14-24(21)37-25)26-15-18-3-8-22(23(13-18)30(33)34)28-9-11-35-12-10-28/h1-8,13-15H,9-12,16H2. The minimum Gasteiger partial charge on any atom is -0.378 e. The van der Waals surface area contributed by atoms with Gasteiger partial charge in [0.15, 0.2) is 4.34 Å². The van der Waals surface area contributed by atoms with Gasteiger partial charge >= 0.3 is 0 Å². The molecule has 0 amide bonds. The average Bonchev–Trinajstić information content (AvgIpc) is 3.33. The zero-order valence-electron chi connectivity index (χ0n) is 19.5. The summed E-state index contributed by atoms with van der Waals surface area (Å²) in [6.45, 7) is 2.35. The number of nitro groups is 2. The molecule has 1 aliphatic rings. The normalized spacial score (nSPS) is 13.9. The summed E-state index contributed by atoms with van der Waals surface area (Å²) >= 11 is 3.12. The number of benzene rings is 3. The predicted octanol–water partition coefficient (Wildman–Crippen LogP) is 5.99. The maximum atomic E-state index is 11.7. The lowest BCUT2D eigenvalue weighted by Gasteiger charge is -2.28.